The van der Waals surface area contributed by atoms with Gasteiger partial charge in [-0.3, -0.25) is 0 Å². The maximum atomic E-state index is 11.5. The zero-order valence-electron chi connectivity index (χ0n) is 10.2. The third-order valence-electron chi connectivity index (χ3n) is 2.32. The standard InChI is InChI=1S/C12H17NO4/c1-15-11(16-2)8-13-10-7-5-4-6-9(10)12(14)17-3/h4-7,11,13H,8H2,1-3H3. The van der Waals surface area contributed by atoms with Gasteiger partial charge in [-0.2, -0.15) is 0 Å². The number of hydrogen-bond acceptors (Lipinski definition) is 5. The van der Waals surface area contributed by atoms with E-state index in [1.54, 1.807) is 32.4 Å². The van der Waals surface area contributed by atoms with Crippen LogP contribution in [0.25, 0.3) is 0 Å². The molecule has 0 atom stereocenters. The van der Waals surface area contributed by atoms with E-state index in [-0.39, 0.29) is 12.3 Å². The van der Waals surface area contributed by atoms with Crippen molar-refractivity contribution >= 4 is 11.7 Å². The Bertz CT molecular complexity index is 363. The number of nitrogens with one attached hydrogen (secondary N) is 1. The van der Waals surface area contributed by atoms with Crippen molar-refractivity contribution in [2.75, 3.05) is 33.2 Å². The molecule has 0 aromatic heterocycles. The van der Waals surface area contributed by atoms with Crippen molar-refractivity contribution in [1.82, 2.24) is 0 Å². The van der Waals surface area contributed by atoms with Gasteiger partial charge in [-0.05, 0) is 12.1 Å². The minimum absolute atomic E-state index is 0.360. The van der Waals surface area contributed by atoms with Crippen molar-refractivity contribution < 1.29 is 19.0 Å². The van der Waals surface area contributed by atoms with E-state index >= 15 is 0 Å². The molecule has 1 rings (SSSR count). The monoisotopic (exact) mass is 239 g/mol. The van der Waals surface area contributed by atoms with E-state index in [1.165, 1.54) is 7.11 Å². The Balaban J connectivity index is 2.73. The fourth-order valence-electron chi connectivity index (χ4n) is 1.38. The highest BCUT2D eigenvalue weighted by Gasteiger charge is 2.12. The highest BCUT2D eigenvalue weighted by molar-refractivity contribution is 5.95. The lowest BCUT2D eigenvalue weighted by molar-refractivity contribution is -0.0914. The lowest BCUT2D eigenvalue weighted by Gasteiger charge is -2.16. The van der Waals surface area contributed by atoms with Crippen LogP contribution in [0.5, 0.6) is 0 Å². The third kappa shape index (κ3) is 3.72. The van der Waals surface area contributed by atoms with E-state index in [1.807, 2.05) is 6.07 Å². The quantitative estimate of drug-likeness (QED) is 0.602. The molecule has 0 heterocycles. The van der Waals surface area contributed by atoms with Crippen LogP contribution in [0, 0.1) is 0 Å². The van der Waals surface area contributed by atoms with Crippen molar-refractivity contribution in [2.24, 2.45) is 0 Å². The Hall–Kier alpha value is -1.59. The summed E-state index contributed by atoms with van der Waals surface area (Å²) >= 11 is 0. The number of benzene rings is 1. The lowest BCUT2D eigenvalue weighted by atomic mass is 10.2. The molecule has 5 heteroatoms. The Morgan fingerprint density at radius 1 is 1.24 bits per heavy atom. The highest BCUT2D eigenvalue weighted by Crippen LogP contribution is 2.16. The van der Waals surface area contributed by atoms with Gasteiger partial charge >= 0.3 is 5.97 Å². The van der Waals surface area contributed by atoms with Crippen molar-refractivity contribution in [3.05, 3.63) is 29.8 Å². The lowest BCUT2D eigenvalue weighted by Crippen LogP contribution is -2.24. The van der Waals surface area contributed by atoms with Gasteiger partial charge < -0.3 is 19.5 Å². The molecule has 1 aromatic carbocycles. The number of ether oxygens (including phenoxy) is 3. The number of carbonyl (C=O) groups excluding carboxylic acids is 1. The molecule has 17 heavy (non-hydrogen) atoms. The first-order valence-corrected chi connectivity index (χ1v) is 5.19. The van der Waals surface area contributed by atoms with Crippen molar-refractivity contribution in [3.8, 4) is 0 Å². The predicted molar refractivity (Wildman–Crippen MR) is 64.1 cm³/mol. The maximum absolute atomic E-state index is 11.5. The number of para-hydroxylation sites is 1. The van der Waals surface area contributed by atoms with Crippen molar-refractivity contribution in [2.45, 2.75) is 6.29 Å². The third-order valence-corrected chi connectivity index (χ3v) is 2.32. The van der Waals surface area contributed by atoms with Crippen LogP contribution in [-0.4, -0.2) is 40.1 Å². The summed E-state index contributed by atoms with van der Waals surface area (Å²) in [5, 5.41) is 3.08. The van der Waals surface area contributed by atoms with Gasteiger partial charge in [0.05, 0.1) is 19.2 Å². The van der Waals surface area contributed by atoms with Gasteiger partial charge in [0, 0.05) is 19.9 Å². The van der Waals surface area contributed by atoms with Crippen LogP contribution in [0.2, 0.25) is 0 Å². The average molecular weight is 239 g/mol. The summed E-state index contributed by atoms with van der Waals surface area (Å²) in [6.45, 7) is 0.445. The predicted octanol–water partition coefficient (Wildman–Crippen LogP) is 1.50. The minimum Gasteiger partial charge on any atom is -0.465 e. The molecule has 0 amide bonds. The number of methoxy groups -OCH3 is 3. The summed E-state index contributed by atoms with van der Waals surface area (Å²) in [4.78, 5) is 11.5. The van der Waals surface area contributed by atoms with Crippen LogP contribution in [0.4, 0.5) is 5.69 Å². The molecule has 0 aliphatic heterocycles. The molecule has 0 saturated heterocycles. The summed E-state index contributed by atoms with van der Waals surface area (Å²) in [5.74, 6) is -0.375. The van der Waals surface area contributed by atoms with E-state index in [0.29, 0.717) is 17.8 Å². The molecule has 0 spiro atoms. The van der Waals surface area contributed by atoms with E-state index < -0.39 is 0 Å². The zero-order valence-corrected chi connectivity index (χ0v) is 10.2. The molecule has 0 unspecified atom stereocenters. The summed E-state index contributed by atoms with van der Waals surface area (Å²) in [6, 6.07) is 7.11. The van der Waals surface area contributed by atoms with Crippen molar-refractivity contribution in [3.63, 3.8) is 0 Å². The molecule has 1 N–H and O–H groups in total. The van der Waals surface area contributed by atoms with E-state index in [2.05, 4.69) is 5.32 Å². The molecule has 0 saturated carbocycles. The summed E-state index contributed by atoms with van der Waals surface area (Å²) < 4.78 is 14.8. The highest BCUT2D eigenvalue weighted by atomic mass is 16.7. The second kappa shape index (κ2) is 6.88. The van der Waals surface area contributed by atoms with E-state index in [4.69, 9.17) is 14.2 Å². The average Bonchev–Trinajstić information content (AvgIpc) is 2.39. The van der Waals surface area contributed by atoms with Gasteiger partial charge in [0.2, 0.25) is 0 Å². The number of hydrogen-bond donors (Lipinski definition) is 1. The van der Waals surface area contributed by atoms with Crippen LogP contribution in [-0.2, 0) is 14.2 Å². The van der Waals surface area contributed by atoms with Crippen LogP contribution in [0.3, 0.4) is 0 Å². The first-order chi connectivity index (χ1) is 8.22. The van der Waals surface area contributed by atoms with Crippen LogP contribution in [0.1, 0.15) is 10.4 Å². The second-order valence-corrected chi connectivity index (χ2v) is 3.32. The number of anilines is 1. The molecule has 0 aliphatic carbocycles. The molecule has 0 bridgehead atoms. The number of carbonyl (C=O) groups is 1. The van der Waals surface area contributed by atoms with Gasteiger partial charge in [0.1, 0.15) is 0 Å². The first-order valence-electron chi connectivity index (χ1n) is 5.19. The van der Waals surface area contributed by atoms with Gasteiger partial charge in [0.25, 0.3) is 0 Å². The summed E-state index contributed by atoms with van der Waals surface area (Å²) in [6.07, 6.45) is -0.360. The van der Waals surface area contributed by atoms with Crippen LogP contribution in [0.15, 0.2) is 24.3 Å². The molecule has 0 fully saturated rings. The van der Waals surface area contributed by atoms with Gasteiger partial charge in [-0.1, -0.05) is 12.1 Å². The molecule has 5 nitrogen and oxygen atoms in total. The SMILES string of the molecule is COC(=O)c1ccccc1NCC(OC)OC. The molecular weight excluding hydrogens is 222 g/mol. The molecule has 1 aromatic rings. The first kappa shape index (κ1) is 13.5. The maximum Gasteiger partial charge on any atom is 0.339 e. The second-order valence-electron chi connectivity index (χ2n) is 3.32. The Morgan fingerprint density at radius 3 is 2.47 bits per heavy atom. The van der Waals surface area contributed by atoms with Crippen LogP contribution < -0.4 is 5.32 Å². The number of esters is 1. The normalized spacial score (nSPS) is 10.4. The van der Waals surface area contributed by atoms with E-state index in [0.717, 1.165) is 0 Å². The number of rotatable bonds is 6. The molecular formula is C12H17NO4. The fraction of sp³-hybridized carbons (Fsp3) is 0.417. The summed E-state index contributed by atoms with van der Waals surface area (Å²) in [5.41, 5.74) is 1.18. The molecule has 0 aliphatic rings. The Kier molecular flexibility index (Phi) is 5.45. The van der Waals surface area contributed by atoms with E-state index in [9.17, 15) is 4.79 Å². The Morgan fingerprint density at radius 2 is 1.88 bits per heavy atom. The Labute approximate surface area is 101 Å². The molecule has 94 valence electrons. The van der Waals surface area contributed by atoms with Gasteiger partial charge in [-0.15, -0.1) is 0 Å². The van der Waals surface area contributed by atoms with Crippen LogP contribution >= 0.6 is 0 Å². The fourth-order valence-corrected chi connectivity index (χ4v) is 1.38. The minimum atomic E-state index is -0.375. The summed E-state index contributed by atoms with van der Waals surface area (Å²) in [7, 11) is 4.47. The van der Waals surface area contributed by atoms with Crippen molar-refractivity contribution in [1.29, 1.82) is 0 Å². The van der Waals surface area contributed by atoms with Gasteiger partial charge in [0.15, 0.2) is 6.29 Å². The zero-order chi connectivity index (χ0) is 12.7. The van der Waals surface area contributed by atoms with Gasteiger partial charge in [-0.25, -0.2) is 4.79 Å². The smallest absolute Gasteiger partial charge is 0.339 e. The molecule has 0 radical (unpaired) electrons. The largest absolute Gasteiger partial charge is 0.465 e. The topological polar surface area (TPSA) is 56.8 Å².